The van der Waals surface area contributed by atoms with Gasteiger partial charge in [0.1, 0.15) is 11.0 Å². The van der Waals surface area contributed by atoms with Crippen LogP contribution < -0.4 is 10.6 Å². The normalized spacial score (nSPS) is 20.0. The molecule has 3 aromatic rings. The Bertz CT molecular complexity index is 1220. The van der Waals surface area contributed by atoms with Crippen molar-refractivity contribution in [2.24, 2.45) is 0 Å². The number of aromatic nitrogens is 3. The van der Waals surface area contributed by atoms with E-state index in [2.05, 4.69) is 67.0 Å². The predicted molar refractivity (Wildman–Crippen MR) is 141 cm³/mol. The number of nitrogens with zero attached hydrogens (tertiary/aromatic N) is 6. The molecule has 2 fully saturated rings. The Balaban J connectivity index is 1.23. The van der Waals surface area contributed by atoms with E-state index in [1.807, 2.05) is 12.3 Å². The molecule has 35 heavy (non-hydrogen) atoms. The van der Waals surface area contributed by atoms with Crippen LogP contribution in [-0.2, 0) is 19.4 Å². The molecule has 0 radical (unpaired) electrons. The third kappa shape index (κ3) is 4.73. The Morgan fingerprint density at radius 2 is 1.80 bits per heavy atom. The molecule has 1 saturated heterocycles. The van der Waals surface area contributed by atoms with Crippen molar-refractivity contribution < 1.29 is 0 Å². The second kappa shape index (κ2) is 9.04. The lowest BCUT2D eigenvalue weighted by Crippen LogP contribution is -2.44. The SMILES string of the molecule is CN1CCN(c2cc(-c3ccc4c(c3)CN(C3(Cc5ccc(Cl)nc5)CC3)CC4)nc(N)n2)CC1. The van der Waals surface area contributed by atoms with Gasteiger partial charge in [-0.05, 0) is 61.6 Å². The van der Waals surface area contributed by atoms with Gasteiger partial charge in [0, 0.05) is 62.6 Å². The fourth-order valence-corrected chi connectivity index (χ4v) is 5.67. The zero-order valence-electron chi connectivity index (χ0n) is 20.3. The predicted octanol–water partition coefficient (Wildman–Crippen LogP) is 3.66. The van der Waals surface area contributed by atoms with Crippen LogP contribution in [0, 0.1) is 0 Å². The second-order valence-electron chi connectivity index (χ2n) is 10.3. The number of halogens is 1. The Morgan fingerprint density at radius 1 is 0.971 bits per heavy atom. The molecule has 0 spiro atoms. The topological polar surface area (TPSA) is 74.4 Å². The minimum atomic E-state index is 0.247. The molecule has 2 N–H and O–H groups in total. The summed E-state index contributed by atoms with van der Waals surface area (Å²) in [6.07, 6.45) is 6.51. The Hall–Kier alpha value is -2.74. The van der Waals surface area contributed by atoms with Crippen molar-refractivity contribution in [1.29, 1.82) is 0 Å². The first kappa shape index (κ1) is 22.7. The summed E-state index contributed by atoms with van der Waals surface area (Å²) < 4.78 is 0. The molecular weight excluding hydrogens is 458 g/mol. The van der Waals surface area contributed by atoms with Crippen molar-refractivity contribution in [3.05, 3.63) is 64.4 Å². The number of benzene rings is 1. The van der Waals surface area contributed by atoms with E-state index in [9.17, 15) is 0 Å². The van der Waals surface area contributed by atoms with Gasteiger partial charge < -0.3 is 15.5 Å². The van der Waals surface area contributed by atoms with Crippen molar-refractivity contribution in [3.8, 4) is 11.3 Å². The van der Waals surface area contributed by atoms with Crippen molar-refractivity contribution in [3.63, 3.8) is 0 Å². The van der Waals surface area contributed by atoms with Gasteiger partial charge in [-0.2, -0.15) is 4.98 Å². The van der Waals surface area contributed by atoms with Gasteiger partial charge in [0.25, 0.3) is 0 Å². The van der Waals surface area contributed by atoms with E-state index in [1.165, 1.54) is 29.5 Å². The summed E-state index contributed by atoms with van der Waals surface area (Å²) in [5.74, 6) is 1.26. The van der Waals surface area contributed by atoms with Crippen LogP contribution >= 0.6 is 11.6 Å². The number of hydrogen-bond acceptors (Lipinski definition) is 7. The molecule has 7 nitrogen and oxygen atoms in total. The first-order chi connectivity index (χ1) is 17.0. The maximum atomic E-state index is 6.16. The monoisotopic (exact) mass is 489 g/mol. The lowest BCUT2D eigenvalue weighted by molar-refractivity contribution is 0.158. The first-order valence-electron chi connectivity index (χ1n) is 12.5. The average Bonchev–Trinajstić information content (AvgIpc) is 3.65. The summed E-state index contributed by atoms with van der Waals surface area (Å²) in [6, 6.07) is 12.9. The van der Waals surface area contributed by atoms with Crippen LogP contribution in [-0.4, -0.2) is 70.1 Å². The minimum Gasteiger partial charge on any atom is -0.368 e. The number of nitrogens with two attached hydrogens (primary N) is 1. The number of fused-ring (bicyclic) bond motifs is 1. The van der Waals surface area contributed by atoms with E-state index < -0.39 is 0 Å². The van der Waals surface area contributed by atoms with E-state index >= 15 is 0 Å². The third-order valence-electron chi connectivity index (χ3n) is 7.89. The zero-order chi connectivity index (χ0) is 24.0. The maximum absolute atomic E-state index is 6.16. The van der Waals surface area contributed by atoms with Gasteiger partial charge in [-0.25, -0.2) is 9.97 Å². The van der Waals surface area contributed by atoms with Gasteiger partial charge in [0.2, 0.25) is 5.95 Å². The van der Waals surface area contributed by atoms with Crippen LogP contribution in [0.3, 0.4) is 0 Å². The summed E-state index contributed by atoms with van der Waals surface area (Å²) in [5, 5.41) is 0.555. The van der Waals surface area contributed by atoms with Gasteiger partial charge in [0.05, 0.1) is 5.69 Å². The zero-order valence-corrected chi connectivity index (χ0v) is 21.0. The van der Waals surface area contributed by atoms with Crippen LogP contribution in [0.1, 0.15) is 29.5 Å². The lowest BCUT2D eigenvalue weighted by atomic mass is 9.93. The summed E-state index contributed by atoms with van der Waals surface area (Å²) >= 11 is 6.00. The molecular formula is C27H32ClN7. The fraction of sp³-hybridized carbons (Fsp3) is 0.444. The van der Waals surface area contributed by atoms with E-state index in [1.54, 1.807) is 0 Å². The molecule has 1 saturated carbocycles. The molecule has 2 aliphatic heterocycles. The minimum absolute atomic E-state index is 0.247. The maximum Gasteiger partial charge on any atom is 0.222 e. The van der Waals surface area contributed by atoms with Crippen molar-refractivity contribution in [1.82, 2.24) is 24.8 Å². The summed E-state index contributed by atoms with van der Waals surface area (Å²) in [6.45, 7) is 6.04. The molecule has 0 bridgehead atoms. The number of pyridine rings is 1. The average molecular weight is 490 g/mol. The summed E-state index contributed by atoms with van der Waals surface area (Å²) in [5.41, 5.74) is 12.5. The van der Waals surface area contributed by atoms with E-state index in [0.717, 1.165) is 69.2 Å². The Kier molecular flexibility index (Phi) is 5.87. The highest BCUT2D eigenvalue weighted by Gasteiger charge is 2.48. The number of rotatable bonds is 5. The highest BCUT2D eigenvalue weighted by molar-refractivity contribution is 6.29. The molecule has 0 atom stereocenters. The van der Waals surface area contributed by atoms with Gasteiger partial charge >= 0.3 is 0 Å². The summed E-state index contributed by atoms with van der Waals surface area (Å²) in [7, 11) is 2.16. The largest absolute Gasteiger partial charge is 0.368 e. The smallest absolute Gasteiger partial charge is 0.222 e. The molecule has 0 amide bonds. The molecule has 182 valence electrons. The molecule has 1 aliphatic carbocycles. The highest BCUT2D eigenvalue weighted by Crippen LogP contribution is 2.46. The van der Waals surface area contributed by atoms with Gasteiger partial charge in [0.15, 0.2) is 0 Å². The van der Waals surface area contributed by atoms with Crippen LogP contribution in [0.2, 0.25) is 5.15 Å². The molecule has 2 aromatic heterocycles. The van der Waals surface area contributed by atoms with Crippen molar-refractivity contribution in [2.75, 3.05) is 50.4 Å². The molecule has 8 heteroatoms. The van der Waals surface area contributed by atoms with Crippen LogP contribution in [0.15, 0.2) is 42.6 Å². The van der Waals surface area contributed by atoms with Crippen LogP contribution in [0.25, 0.3) is 11.3 Å². The van der Waals surface area contributed by atoms with Crippen LogP contribution in [0.5, 0.6) is 0 Å². The van der Waals surface area contributed by atoms with Crippen LogP contribution in [0.4, 0.5) is 11.8 Å². The first-order valence-corrected chi connectivity index (χ1v) is 12.9. The fourth-order valence-electron chi connectivity index (χ4n) is 5.56. The van der Waals surface area contributed by atoms with E-state index in [-0.39, 0.29) is 5.54 Å². The lowest BCUT2D eigenvalue weighted by Gasteiger charge is -2.36. The van der Waals surface area contributed by atoms with Gasteiger partial charge in [-0.15, -0.1) is 0 Å². The molecule has 3 aliphatic rings. The third-order valence-corrected chi connectivity index (χ3v) is 8.11. The van der Waals surface area contributed by atoms with Crippen molar-refractivity contribution in [2.45, 2.75) is 37.8 Å². The standard InChI is InChI=1S/C27H32ClN7/c1-33-10-12-34(13-11-33)25-15-23(31-26(29)32-25)21-4-3-20-6-9-35(18-22(20)14-21)27(7-8-27)16-19-2-5-24(28)30-17-19/h2-5,14-15,17H,6-13,16,18H2,1H3,(H2,29,31,32). The number of piperazine rings is 1. The Morgan fingerprint density at radius 3 is 2.54 bits per heavy atom. The second-order valence-corrected chi connectivity index (χ2v) is 10.7. The number of anilines is 2. The molecule has 6 rings (SSSR count). The number of nitrogen functional groups attached to an aromatic ring is 1. The molecule has 0 unspecified atom stereocenters. The van der Waals surface area contributed by atoms with Gasteiger partial charge in [-0.3, -0.25) is 4.90 Å². The van der Waals surface area contributed by atoms with E-state index in [4.69, 9.17) is 17.3 Å². The number of hydrogen-bond donors (Lipinski definition) is 1. The van der Waals surface area contributed by atoms with Crippen molar-refractivity contribution >= 4 is 23.4 Å². The van der Waals surface area contributed by atoms with E-state index in [0.29, 0.717) is 11.1 Å². The summed E-state index contributed by atoms with van der Waals surface area (Å²) in [4.78, 5) is 20.8. The number of likely N-dealkylation sites (N-methyl/N-ethyl adjacent to an activating group) is 1. The molecule has 1 aromatic carbocycles. The molecule has 4 heterocycles. The highest BCUT2D eigenvalue weighted by atomic mass is 35.5. The Labute approximate surface area is 211 Å². The quantitative estimate of drug-likeness (QED) is 0.548. The van der Waals surface area contributed by atoms with Gasteiger partial charge in [-0.1, -0.05) is 29.8 Å².